The summed E-state index contributed by atoms with van der Waals surface area (Å²) in [4.78, 5) is 2.66. The lowest BCUT2D eigenvalue weighted by atomic mass is 9.99. The number of fused-ring (bicyclic) bond motifs is 2. The zero-order valence-corrected chi connectivity index (χ0v) is 10.8. The van der Waals surface area contributed by atoms with Crippen molar-refractivity contribution in [2.75, 3.05) is 12.4 Å². The summed E-state index contributed by atoms with van der Waals surface area (Å²) in [6, 6.07) is 1.36. The van der Waals surface area contributed by atoms with E-state index in [1.54, 1.807) is 0 Å². The molecule has 2 saturated heterocycles. The van der Waals surface area contributed by atoms with Crippen LogP contribution >= 0.6 is 11.6 Å². The Kier molecular flexibility index (Phi) is 4.93. The van der Waals surface area contributed by atoms with Gasteiger partial charge in [-0.3, -0.25) is 4.90 Å². The van der Waals surface area contributed by atoms with Gasteiger partial charge in [0.1, 0.15) is 0 Å². The molecule has 0 aromatic rings. The van der Waals surface area contributed by atoms with Crippen molar-refractivity contribution in [3.05, 3.63) is 0 Å². The number of hydrogen-bond donors (Lipinski definition) is 1. The third-order valence-electron chi connectivity index (χ3n) is 4.16. The van der Waals surface area contributed by atoms with Crippen LogP contribution in [-0.4, -0.2) is 40.6 Å². The zero-order chi connectivity index (χ0) is 11.4. The Morgan fingerprint density at radius 1 is 1.00 bits per heavy atom. The molecule has 2 aliphatic heterocycles. The van der Waals surface area contributed by atoms with E-state index in [2.05, 4.69) is 4.90 Å². The molecule has 0 aromatic heterocycles. The number of alkyl halides is 1. The Morgan fingerprint density at radius 2 is 1.62 bits per heavy atom. The summed E-state index contributed by atoms with van der Waals surface area (Å²) in [6.45, 7) is 1.24. The molecule has 0 saturated carbocycles. The van der Waals surface area contributed by atoms with Crippen LogP contribution in [0.2, 0.25) is 0 Å². The lowest BCUT2D eigenvalue weighted by Crippen LogP contribution is -2.44. The molecule has 2 bridgehead atoms. The predicted molar refractivity (Wildman–Crippen MR) is 67.9 cm³/mol. The standard InChI is InChI=1S/C13H24ClNO/c14-7-3-1-2-4-8-15-11-5-6-12(15)10-13(16)9-11/h11-13,16H,1-10H2. The quantitative estimate of drug-likeness (QED) is 0.575. The van der Waals surface area contributed by atoms with Crippen LogP contribution in [-0.2, 0) is 0 Å². The molecule has 2 nitrogen and oxygen atoms in total. The van der Waals surface area contributed by atoms with E-state index in [4.69, 9.17) is 11.6 Å². The maximum Gasteiger partial charge on any atom is 0.0570 e. The Balaban J connectivity index is 1.66. The number of hydrogen-bond acceptors (Lipinski definition) is 2. The van der Waals surface area contributed by atoms with Crippen molar-refractivity contribution in [2.24, 2.45) is 0 Å². The van der Waals surface area contributed by atoms with Crippen LogP contribution in [0, 0.1) is 0 Å². The third-order valence-corrected chi connectivity index (χ3v) is 4.43. The van der Waals surface area contributed by atoms with E-state index in [0.29, 0.717) is 12.1 Å². The van der Waals surface area contributed by atoms with Gasteiger partial charge in [-0.2, -0.15) is 0 Å². The van der Waals surface area contributed by atoms with Crippen LogP contribution in [0.25, 0.3) is 0 Å². The van der Waals surface area contributed by atoms with Crippen molar-refractivity contribution in [1.82, 2.24) is 4.90 Å². The highest BCUT2D eigenvalue weighted by Gasteiger charge is 2.39. The molecule has 3 heteroatoms. The summed E-state index contributed by atoms with van der Waals surface area (Å²) in [7, 11) is 0. The summed E-state index contributed by atoms with van der Waals surface area (Å²) in [5.74, 6) is 0.807. The first-order chi connectivity index (χ1) is 7.81. The van der Waals surface area contributed by atoms with Gasteiger partial charge in [-0.15, -0.1) is 11.6 Å². The molecule has 16 heavy (non-hydrogen) atoms. The molecule has 0 aromatic carbocycles. The fraction of sp³-hybridized carbons (Fsp3) is 1.00. The Morgan fingerprint density at radius 3 is 2.25 bits per heavy atom. The molecule has 2 aliphatic rings. The van der Waals surface area contributed by atoms with E-state index in [1.165, 1.54) is 38.6 Å². The van der Waals surface area contributed by atoms with Gasteiger partial charge in [-0.1, -0.05) is 12.8 Å². The smallest absolute Gasteiger partial charge is 0.0570 e. The Bertz CT molecular complexity index is 198. The normalized spacial score (nSPS) is 34.5. The summed E-state index contributed by atoms with van der Waals surface area (Å²) in [5, 5.41) is 9.71. The van der Waals surface area contributed by atoms with E-state index in [-0.39, 0.29) is 6.10 Å². The van der Waals surface area contributed by atoms with Crippen molar-refractivity contribution in [3.8, 4) is 0 Å². The summed E-state index contributed by atoms with van der Waals surface area (Å²) >= 11 is 5.66. The van der Waals surface area contributed by atoms with Gasteiger partial charge >= 0.3 is 0 Å². The van der Waals surface area contributed by atoms with Gasteiger partial charge in [0, 0.05) is 18.0 Å². The van der Waals surface area contributed by atoms with E-state index >= 15 is 0 Å². The second-order valence-electron chi connectivity index (χ2n) is 5.35. The molecule has 0 radical (unpaired) electrons. The number of unbranched alkanes of at least 4 members (excludes halogenated alkanes) is 3. The Hall–Kier alpha value is 0.210. The van der Waals surface area contributed by atoms with Gasteiger partial charge in [0.05, 0.1) is 6.10 Å². The monoisotopic (exact) mass is 245 g/mol. The fourth-order valence-electron chi connectivity index (χ4n) is 3.35. The minimum atomic E-state index is -0.0231. The summed E-state index contributed by atoms with van der Waals surface area (Å²) < 4.78 is 0. The number of rotatable bonds is 6. The average molecular weight is 246 g/mol. The van der Waals surface area contributed by atoms with Crippen LogP contribution in [0.4, 0.5) is 0 Å². The van der Waals surface area contributed by atoms with Crippen molar-refractivity contribution < 1.29 is 5.11 Å². The van der Waals surface area contributed by atoms with Gasteiger partial charge in [0.2, 0.25) is 0 Å². The highest BCUT2D eigenvalue weighted by molar-refractivity contribution is 6.17. The molecule has 0 spiro atoms. The number of piperidine rings is 1. The van der Waals surface area contributed by atoms with Gasteiger partial charge in [0.15, 0.2) is 0 Å². The maximum atomic E-state index is 9.71. The Labute approximate surface area is 104 Å². The molecule has 2 unspecified atom stereocenters. The molecule has 2 atom stereocenters. The minimum absolute atomic E-state index is 0.0231. The molecule has 0 aliphatic carbocycles. The van der Waals surface area contributed by atoms with Crippen molar-refractivity contribution in [1.29, 1.82) is 0 Å². The van der Waals surface area contributed by atoms with Gasteiger partial charge in [-0.25, -0.2) is 0 Å². The minimum Gasteiger partial charge on any atom is -0.393 e. The fourth-order valence-corrected chi connectivity index (χ4v) is 3.54. The molecule has 0 amide bonds. The molecular weight excluding hydrogens is 222 g/mol. The second-order valence-corrected chi connectivity index (χ2v) is 5.73. The largest absolute Gasteiger partial charge is 0.393 e. The summed E-state index contributed by atoms with van der Waals surface area (Å²) in [6.07, 6.45) is 9.67. The van der Waals surface area contributed by atoms with Crippen LogP contribution in [0.1, 0.15) is 51.4 Å². The van der Waals surface area contributed by atoms with E-state index < -0.39 is 0 Å². The third kappa shape index (κ3) is 3.12. The van der Waals surface area contributed by atoms with Gasteiger partial charge < -0.3 is 5.11 Å². The first-order valence-electron chi connectivity index (χ1n) is 6.81. The first kappa shape index (κ1) is 12.7. The van der Waals surface area contributed by atoms with Crippen molar-refractivity contribution in [2.45, 2.75) is 69.6 Å². The zero-order valence-electron chi connectivity index (χ0n) is 10.1. The molecule has 2 heterocycles. The highest BCUT2D eigenvalue weighted by Crippen LogP contribution is 2.35. The number of halogens is 1. The topological polar surface area (TPSA) is 23.5 Å². The van der Waals surface area contributed by atoms with E-state index in [1.807, 2.05) is 0 Å². The lowest BCUT2D eigenvalue weighted by molar-refractivity contribution is 0.0346. The summed E-state index contributed by atoms with van der Waals surface area (Å²) in [5.41, 5.74) is 0. The molecule has 1 N–H and O–H groups in total. The highest BCUT2D eigenvalue weighted by atomic mass is 35.5. The maximum absolute atomic E-state index is 9.71. The van der Waals surface area contributed by atoms with Crippen molar-refractivity contribution >= 4 is 11.6 Å². The lowest BCUT2D eigenvalue weighted by Gasteiger charge is -2.37. The molecule has 94 valence electrons. The SMILES string of the molecule is OC1CC2CCC(C1)N2CCCCCCCl. The van der Waals surface area contributed by atoms with Crippen molar-refractivity contribution in [3.63, 3.8) is 0 Å². The number of nitrogens with zero attached hydrogens (tertiary/aromatic N) is 1. The average Bonchev–Trinajstić information content (AvgIpc) is 2.51. The molecular formula is C13H24ClNO. The van der Waals surface area contributed by atoms with Crippen LogP contribution in [0.5, 0.6) is 0 Å². The molecule has 2 fully saturated rings. The van der Waals surface area contributed by atoms with E-state index in [9.17, 15) is 5.11 Å². The second kappa shape index (κ2) is 6.23. The number of aliphatic hydroxyl groups excluding tert-OH is 1. The van der Waals surface area contributed by atoms with Crippen LogP contribution in [0.3, 0.4) is 0 Å². The van der Waals surface area contributed by atoms with Crippen LogP contribution in [0.15, 0.2) is 0 Å². The first-order valence-corrected chi connectivity index (χ1v) is 7.34. The molecule has 2 rings (SSSR count). The van der Waals surface area contributed by atoms with Gasteiger partial charge in [-0.05, 0) is 45.1 Å². The predicted octanol–water partition coefficient (Wildman–Crippen LogP) is 2.77. The van der Waals surface area contributed by atoms with Gasteiger partial charge in [0.25, 0.3) is 0 Å². The number of aliphatic hydroxyl groups is 1. The van der Waals surface area contributed by atoms with E-state index in [0.717, 1.165) is 25.1 Å². The van der Waals surface area contributed by atoms with Crippen LogP contribution < -0.4 is 0 Å².